The van der Waals surface area contributed by atoms with E-state index in [4.69, 9.17) is 5.26 Å². The minimum absolute atomic E-state index is 0.214. The highest BCUT2D eigenvalue weighted by Crippen LogP contribution is 2.30. The highest BCUT2D eigenvalue weighted by Gasteiger charge is 2.13. The van der Waals surface area contributed by atoms with Crippen molar-refractivity contribution >= 4 is 22.5 Å². The van der Waals surface area contributed by atoms with Gasteiger partial charge in [0.1, 0.15) is 6.04 Å². The summed E-state index contributed by atoms with van der Waals surface area (Å²) in [5.74, 6) is 0. The molecule has 3 rings (SSSR count). The summed E-state index contributed by atoms with van der Waals surface area (Å²) in [6, 6.07) is 14.4. The van der Waals surface area contributed by atoms with Gasteiger partial charge in [0.15, 0.2) is 0 Å². The number of hydrogen-bond donors (Lipinski definition) is 1. The lowest BCUT2D eigenvalue weighted by Gasteiger charge is -2.18. The van der Waals surface area contributed by atoms with Crippen molar-refractivity contribution in [1.29, 1.82) is 5.26 Å². The number of rotatable bonds is 0. The fourth-order valence-electron chi connectivity index (χ4n) is 2.08. The van der Waals surface area contributed by atoms with Crippen molar-refractivity contribution in [3.05, 3.63) is 48.0 Å². The van der Waals surface area contributed by atoms with E-state index < -0.39 is 0 Å². The van der Waals surface area contributed by atoms with Crippen molar-refractivity contribution in [2.45, 2.75) is 6.04 Å². The maximum Gasteiger partial charge on any atom is 0.133 e. The van der Waals surface area contributed by atoms with Crippen molar-refractivity contribution in [2.24, 2.45) is 0 Å². The smallest absolute Gasteiger partial charge is 0.133 e. The predicted molar refractivity (Wildman–Crippen MR) is 66.0 cm³/mol. The van der Waals surface area contributed by atoms with Gasteiger partial charge in [-0.25, -0.2) is 0 Å². The van der Waals surface area contributed by atoms with Crippen LogP contribution in [0.15, 0.2) is 42.5 Å². The van der Waals surface area contributed by atoms with Crippen LogP contribution in [0.1, 0.15) is 5.56 Å². The molecule has 0 saturated heterocycles. The number of nitrogens with one attached hydrogen (secondary N) is 1. The fourth-order valence-corrected chi connectivity index (χ4v) is 2.08. The molecule has 1 heterocycles. The van der Waals surface area contributed by atoms with Gasteiger partial charge in [0.05, 0.1) is 6.07 Å². The molecular weight excluding hydrogens is 196 g/mol. The molecule has 0 amide bonds. The molecule has 0 bridgehead atoms. The zero-order valence-electron chi connectivity index (χ0n) is 8.64. The molecule has 0 fully saturated rings. The topological polar surface area (TPSA) is 35.8 Å². The molecule has 1 aliphatic rings. The van der Waals surface area contributed by atoms with Gasteiger partial charge in [0, 0.05) is 11.3 Å². The average molecular weight is 206 g/mol. The first-order chi connectivity index (χ1) is 7.88. The van der Waals surface area contributed by atoms with Crippen LogP contribution in [-0.4, -0.2) is 6.04 Å². The van der Waals surface area contributed by atoms with Crippen molar-refractivity contribution in [3.63, 3.8) is 0 Å². The van der Waals surface area contributed by atoms with Gasteiger partial charge in [0.2, 0.25) is 0 Å². The molecule has 1 N–H and O–H groups in total. The molecule has 0 spiro atoms. The Morgan fingerprint density at radius 3 is 2.88 bits per heavy atom. The van der Waals surface area contributed by atoms with E-state index in [2.05, 4.69) is 29.6 Å². The van der Waals surface area contributed by atoms with E-state index in [1.54, 1.807) is 0 Å². The monoisotopic (exact) mass is 206 g/mol. The Balaban J connectivity index is 2.26. The van der Waals surface area contributed by atoms with E-state index >= 15 is 0 Å². The van der Waals surface area contributed by atoms with Gasteiger partial charge in [-0.1, -0.05) is 36.4 Å². The molecule has 0 saturated carbocycles. The molecule has 2 aromatic carbocycles. The quantitative estimate of drug-likeness (QED) is 0.718. The molecule has 2 aromatic rings. The zero-order valence-corrected chi connectivity index (χ0v) is 8.64. The Labute approximate surface area is 93.8 Å². The van der Waals surface area contributed by atoms with Crippen LogP contribution in [0.3, 0.4) is 0 Å². The minimum Gasteiger partial charge on any atom is -0.366 e. The van der Waals surface area contributed by atoms with E-state index in [0.717, 1.165) is 5.69 Å². The molecule has 76 valence electrons. The van der Waals surface area contributed by atoms with Crippen LogP contribution < -0.4 is 5.32 Å². The average Bonchev–Trinajstić information content (AvgIpc) is 2.38. The summed E-state index contributed by atoms with van der Waals surface area (Å²) in [7, 11) is 0. The van der Waals surface area contributed by atoms with Crippen LogP contribution in [0.4, 0.5) is 5.69 Å². The van der Waals surface area contributed by atoms with Gasteiger partial charge in [-0.3, -0.25) is 0 Å². The summed E-state index contributed by atoms with van der Waals surface area (Å²) in [6.45, 7) is 0. The Bertz CT molecular complexity index is 620. The first-order valence-electron chi connectivity index (χ1n) is 5.24. The van der Waals surface area contributed by atoms with E-state index in [0.29, 0.717) is 0 Å². The van der Waals surface area contributed by atoms with E-state index in [1.165, 1.54) is 16.3 Å². The van der Waals surface area contributed by atoms with Gasteiger partial charge in [-0.05, 0) is 22.9 Å². The predicted octanol–water partition coefficient (Wildman–Crippen LogP) is 3.17. The molecule has 0 aliphatic carbocycles. The summed E-state index contributed by atoms with van der Waals surface area (Å²) < 4.78 is 0. The largest absolute Gasteiger partial charge is 0.366 e. The molecule has 0 aromatic heterocycles. The van der Waals surface area contributed by atoms with E-state index in [1.807, 2.05) is 30.4 Å². The van der Waals surface area contributed by atoms with Gasteiger partial charge >= 0.3 is 0 Å². The molecule has 0 radical (unpaired) electrons. The van der Waals surface area contributed by atoms with E-state index in [-0.39, 0.29) is 6.04 Å². The second-order valence-electron chi connectivity index (χ2n) is 3.86. The number of nitriles is 1. The molecule has 2 nitrogen and oxygen atoms in total. The molecule has 2 heteroatoms. The van der Waals surface area contributed by atoms with Crippen LogP contribution in [-0.2, 0) is 0 Å². The highest BCUT2D eigenvalue weighted by atomic mass is 14.9. The Morgan fingerprint density at radius 2 is 2.00 bits per heavy atom. The van der Waals surface area contributed by atoms with Gasteiger partial charge < -0.3 is 5.32 Å². The Hall–Kier alpha value is -2.27. The third kappa shape index (κ3) is 1.26. The Kier molecular flexibility index (Phi) is 1.91. The van der Waals surface area contributed by atoms with Crippen LogP contribution in [0, 0.1) is 11.3 Å². The lowest BCUT2D eigenvalue weighted by molar-refractivity contribution is 1.11. The summed E-state index contributed by atoms with van der Waals surface area (Å²) in [6.07, 6.45) is 3.93. The van der Waals surface area contributed by atoms with Gasteiger partial charge in [-0.15, -0.1) is 0 Å². The van der Waals surface area contributed by atoms with Crippen molar-refractivity contribution in [2.75, 3.05) is 5.32 Å². The Morgan fingerprint density at radius 1 is 1.12 bits per heavy atom. The third-order valence-corrected chi connectivity index (χ3v) is 2.88. The highest BCUT2D eigenvalue weighted by molar-refractivity contribution is 5.96. The third-order valence-electron chi connectivity index (χ3n) is 2.88. The lowest BCUT2D eigenvalue weighted by atomic mass is 9.99. The number of anilines is 1. The van der Waals surface area contributed by atoms with Gasteiger partial charge in [-0.2, -0.15) is 5.26 Å². The minimum atomic E-state index is -0.214. The number of hydrogen-bond acceptors (Lipinski definition) is 2. The van der Waals surface area contributed by atoms with E-state index in [9.17, 15) is 0 Å². The van der Waals surface area contributed by atoms with Gasteiger partial charge in [0.25, 0.3) is 0 Å². The van der Waals surface area contributed by atoms with Crippen LogP contribution in [0.2, 0.25) is 0 Å². The SMILES string of the molecule is N#CC1C=Cc2c(ccc3ccccc23)N1. The summed E-state index contributed by atoms with van der Waals surface area (Å²) >= 11 is 0. The summed E-state index contributed by atoms with van der Waals surface area (Å²) in [5.41, 5.74) is 2.21. The number of nitrogens with zero attached hydrogens (tertiary/aromatic N) is 1. The summed E-state index contributed by atoms with van der Waals surface area (Å²) in [4.78, 5) is 0. The molecular formula is C14H10N2. The van der Waals surface area contributed by atoms with Crippen LogP contribution in [0.25, 0.3) is 16.8 Å². The first-order valence-corrected chi connectivity index (χ1v) is 5.24. The first kappa shape index (κ1) is 8.99. The second-order valence-corrected chi connectivity index (χ2v) is 3.86. The maximum atomic E-state index is 8.87. The second kappa shape index (κ2) is 3.39. The van der Waals surface area contributed by atoms with Crippen LogP contribution in [0.5, 0.6) is 0 Å². The standard InChI is InChI=1S/C14H10N2/c15-9-11-6-7-13-12-4-2-1-3-10(12)5-8-14(13)16-11/h1-8,11,16H. The van der Waals surface area contributed by atoms with Crippen LogP contribution >= 0.6 is 0 Å². The number of fused-ring (bicyclic) bond motifs is 3. The zero-order chi connectivity index (χ0) is 11.0. The fraction of sp³-hybridized carbons (Fsp3) is 0.0714. The normalized spacial score (nSPS) is 17.6. The van der Waals surface area contributed by atoms with Crippen molar-refractivity contribution in [3.8, 4) is 6.07 Å². The molecule has 1 unspecified atom stereocenters. The summed E-state index contributed by atoms with van der Waals surface area (Å²) in [5, 5.41) is 14.5. The molecule has 1 atom stereocenters. The molecule has 1 aliphatic heterocycles. The van der Waals surface area contributed by atoms with Crippen molar-refractivity contribution < 1.29 is 0 Å². The molecule has 16 heavy (non-hydrogen) atoms. The van der Waals surface area contributed by atoms with Crippen molar-refractivity contribution in [1.82, 2.24) is 0 Å². The number of benzene rings is 2. The maximum absolute atomic E-state index is 8.87. The lowest BCUT2D eigenvalue weighted by Crippen LogP contribution is -2.17.